The van der Waals surface area contributed by atoms with Crippen LogP contribution in [0.2, 0.25) is 18.6 Å². The number of hydrogen-bond donors (Lipinski definition) is 4. The number of anilines is 2. The maximum atomic E-state index is 14.2. The molecule has 2 amide bonds. The first-order valence-electron chi connectivity index (χ1n) is 13.6. The molecule has 1 spiro atoms. The van der Waals surface area contributed by atoms with Gasteiger partial charge in [-0.15, -0.1) is 0 Å². The molecule has 11 heteroatoms. The summed E-state index contributed by atoms with van der Waals surface area (Å²) in [6, 6.07) is 5.22. The van der Waals surface area contributed by atoms with Crippen LogP contribution in [0.3, 0.4) is 0 Å². The highest BCUT2D eigenvalue weighted by atomic mass is 28.4. The van der Waals surface area contributed by atoms with E-state index in [1.54, 1.807) is 11.0 Å². The number of carbonyl (C=O) groups is 3. The second kappa shape index (κ2) is 11.4. The third kappa shape index (κ3) is 5.26. The van der Waals surface area contributed by atoms with Crippen LogP contribution >= 0.6 is 0 Å². The smallest absolute Gasteiger partial charge is 0.305 e. The molecular weight excluding hydrogens is 506 g/mol. The number of aliphatic hydroxyl groups is 1. The Morgan fingerprint density at radius 2 is 2.08 bits per heavy atom. The van der Waals surface area contributed by atoms with Gasteiger partial charge in [0.2, 0.25) is 5.91 Å². The summed E-state index contributed by atoms with van der Waals surface area (Å²) in [5, 5.41) is 16.0. The number of esters is 1. The van der Waals surface area contributed by atoms with Gasteiger partial charge in [-0.1, -0.05) is 6.92 Å². The van der Waals surface area contributed by atoms with Crippen LogP contribution in [-0.2, 0) is 29.5 Å². The minimum atomic E-state index is -2.80. The van der Waals surface area contributed by atoms with E-state index in [-0.39, 0.29) is 48.3 Å². The molecule has 0 aromatic heterocycles. The van der Waals surface area contributed by atoms with Gasteiger partial charge in [-0.05, 0) is 69.9 Å². The number of carbonyl (C=O) groups excluding carboxylic acids is 3. The van der Waals surface area contributed by atoms with Crippen molar-refractivity contribution >= 4 is 37.5 Å². The standard InChI is InChI=1S/C27H41N3O7Si/c1-17-24(38(3,4)35)22(12-15-31)37-27(17)19-16-18(29-25(33)20-8-7-13-28-20)10-11-21(19)30(26(27)34)14-6-5-9-23(32)36-2/h10-11,16-17,20,22,24,28,31,35H,5-9,12-15H2,1-4H3,(H,29,33)/t17-,20+,22+,24-,27+/m0/s1. The van der Waals surface area contributed by atoms with Crippen LogP contribution in [0, 0.1) is 5.92 Å². The van der Waals surface area contributed by atoms with Crippen LogP contribution < -0.4 is 15.5 Å². The van der Waals surface area contributed by atoms with Gasteiger partial charge in [-0.3, -0.25) is 14.4 Å². The van der Waals surface area contributed by atoms with Gasteiger partial charge in [0.15, 0.2) is 13.9 Å². The van der Waals surface area contributed by atoms with Crippen molar-refractivity contribution in [1.29, 1.82) is 0 Å². The maximum Gasteiger partial charge on any atom is 0.305 e. The van der Waals surface area contributed by atoms with E-state index in [1.165, 1.54) is 7.11 Å². The predicted octanol–water partition coefficient (Wildman–Crippen LogP) is 2.25. The van der Waals surface area contributed by atoms with E-state index in [1.807, 2.05) is 32.2 Å². The highest BCUT2D eigenvalue weighted by molar-refractivity contribution is 6.71. The lowest BCUT2D eigenvalue weighted by Gasteiger charge is -2.32. The summed E-state index contributed by atoms with van der Waals surface area (Å²) in [6.45, 7) is 6.73. The Morgan fingerprint density at radius 3 is 2.71 bits per heavy atom. The lowest BCUT2D eigenvalue weighted by atomic mass is 9.82. The minimum absolute atomic E-state index is 0.110. The van der Waals surface area contributed by atoms with Gasteiger partial charge in [-0.2, -0.15) is 0 Å². The molecule has 0 unspecified atom stereocenters. The number of benzene rings is 1. The van der Waals surface area contributed by atoms with Crippen molar-refractivity contribution in [2.45, 2.75) is 81.8 Å². The molecular formula is C27H41N3O7Si. The van der Waals surface area contributed by atoms with Crippen molar-refractivity contribution in [2.75, 3.05) is 37.0 Å². The molecule has 1 aromatic carbocycles. The number of rotatable bonds is 10. The average Bonchev–Trinajstić information content (AvgIpc) is 3.55. The van der Waals surface area contributed by atoms with Crippen LogP contribution in [-0.4, -0.2) is 75.0 Å². The lowest BCUT2D eigenvalue weighted by Crippen LogP contribution is -2.46. The summed E-state index contributed by atoms with van der Waals surface area (Å²) >= 11 is 0. The quantitative estimate of drug-likeness (QED) is 0.199. The summed E-state index contributed by atoms with van der Waals surface area (Å²) in [7, 11) is -1.44. The van der Waals surface area contributed by atoms with Gasteiger partial charge in [0, 0.05) is 42.3 Å². The monoisotopic (exact) mass is 547 g/mol. The Hall–Kier alpha value is -2.31. The number of nitrogens with zero attached hydrogens (tertiary/aromatic N) is 1. The topological polar surface area (TPSA) is 137 Å². The summed E-state index contributed by atoms with van der Waals surface area (Å²) in [6.07, 6.45) is 3.01. The molecule has 0 saturated carbocycles. The average molecular weight is 548 g/mol. The molecule has 10 nitrogen and oxygen atoms in total. The van der Waals surface area contributed by atoms with Crippen LogP contribution in [0.25, 0.3) is 0 Å². The first-order chi connectivity index (χ1) is 18.0. The van der Waals surface area contributed by atoms with Crippen molar-refractivity contribution in [1.82, 2.24) is 5.32 Å². The number of amides is 2. The Balaban J connectivity index is 1.69. The summed E-state index contributed by atoms with van der Waals surface area (Å²) < 4.78 is 11.3. The number of aliphatic hydroxyl groups excluding tert-OH is 1. The van der Waals surface area contributed by atoms with Gasteiger partial charge in [-0.25, -0.2) is 0 Å². The molecule has 5 atom stereocenters. The Kier molecular flexibility index (Phi) is 8.63. The van der Waals surface area contributed by atoms with Crippen LogP contribution in [0.5, 0.6) is 0 Å². The van der Waals surface area contributed by atoms with Crippen molar-refractivity contribution in [3.8, 4) is 0 Å². The molecule has 1 aromatic rings. The highest BCUT2D eigenvalue weighted by Crippen LogP contribution is 2.59. The molecule has 38 heavy (non-hydrogen) atoms. The third-order valence-electron chi connectivity index (χ3n) is 8.28. The van der Waals surface area contributed by atoms with E-state index in [0.717, 1.165) is 19.4 Å². The molecule has 210 valence electrons. The highest BCUT2D eigenvalue weighted by Gasteiger charge is 2.66. The van der Waals surface area contributed by atoms with E-state index in [4.69, 9.17) is 9.47 Å². The van der Waals surface area contributed by atoms with Crippen molar-refractivity contribution in [2.24, 2.45) is 5.92 Å². The molecule has 0 aliphatic carbocycles. The zero-order valence-electron chi connectivity index (χ0n) is 22.8. The van der Waals surface area contributed by atoms with Crippen molar-refractivity contribution in [3.63, 3.8) is 0 Å². The predicted molar refractivity (Wildman–Crippen MR) is 145 cm³/mol. The SMILES string of the molecule is COC(=O)CCCCN1C(=O)[C@]2(O[C@H](CCO)[C@@H]([Si](C)(C)O)[C@@H]2C)c2cc(NC(=O)[C@H]3CCCN3)ccc21. The number of unbranched alkanes of at least 4 members (excludes halogenated alkanes) is 1. The van der Waals surface area contributed by atoms with Crippen LogP contribution in [0.15, 0.2) is 18.2 Å². The maximum absolute atomic E-state index is 14.2. The summed E-state index contributed by atoms with van der Waals surface area (Å²) in [5.41, 5.74) is 0.357. The molecule has 0 bridgehead atoms. The first kappa shape index (κ1) is 28.7. The third-order valence-corrected chi connectivity index (χ3v) is 10.8. The fourth-order valence-corrected chi connectivity index (χ4v) is 9.16. The number of fused-ring (bicyclic) bond motifs is 2. The number of methoxy groups -OCH3 is 1. The normalized spacial score (nSPS) is 28.7. The van der Waals surface area contributed by atoms with E-state index in [9.17, 15) is 24.3 Å². The molecule has 2 fully saturated rings. The Bertz CT molecular complexity index is 1060. The zero-order valence-corrected chi connectivity index (χ0v) is 23.8. The van der Waals surface area contributed by atoms with Gasteiger partial charge < -0.3 is 34.9 Å². The zero-order chi connectivity index (χ0) is 27.7. The van der Waals surface area contributed by atoms with E-state index in [2.05, 4.69) is 10.6 Å². The van der Waals surface area contributed by atoms with E-state index < -0.39 is 20.0 Å². The van der Waals surface area contributed by atoms with Crippen LogP contribution in [0.1, 0.15) is 51.0 Å². The Morgan fingerprint density at radius 1 is 1.32 bits per heavy atom. The summed E-state index contributed by atoms with van der Waals surface area (Å²) in [4.78, 5) is 51.5. The van der Waals surface area contributed by atoms with Crippen LogP contribution in [0.4, 0.5) is 11.4 Å². The van der Waals surface area contributed by atoms with Gasteiger partial charge in [0.25, 0.3) is 5.91 Å². The minimum Gasteiger partial charge on any atom is -0.469 e. The molecule has 3 aliphatic heterocycles. The molecule has 3 aliphatic rings. The fraction of sp³-hybridized carbons (Fsp3) is 0.667. The largest absolute Gasteiger partial charge is 0.469 e. The summed E-state index contributed by atoms with van der Waals surface area (Å²) in [5.74, 6) is -0.952. The number of ether oxygens (including phenoxy) is 2. The number of nitrogens with one attached hydrogen (secondary N) is 2. The van der Waals surface area contributed by atoms with Gasteiger partial charge >= 0.3 is 5.97 Å². The lowest BCUT2D eigenvalue weighted by molar-refractivity contribution is -0.146. The molecule has 2 saturated heterocycles. The van der Waals surface area contributed by atoms with E-state index in [0.29, 0.717) is 42.7 Å². The Labute approximate surface area is 225 Å². The van der Waals surface area contributed by atoms with Crippen molar-refractivity contribution in [3.05, 3.63) is 23.8 Å². The molecule has 4 N–H and O–H groups in total. The van der Waals surface area contributed by atoms with Gasteiger partial charge in [0.05, 0.1) is 24.9 Å². The first-order valence-corrected chi connectivity index (χ1v) is 16.7. The van der Waals surface area contributed by atoms with Gasteiger partial charge in [0.1, 0.15) is 0 Å². The fourth-order valence-electron chi connectivity index (χ4n) is 6.55. The molecule has 4 rings (SSSR count). The molecule has 3 heterocycles. The van der Waals surface area contributed by atoms with E-state index >= 15 is 0 Å². The second-order valence-corrected chi connectivity index (χ2v) is 15.2. The van der Waals surface area contributed by atoms with Crippen molar-refractivity contribution < 1.29 is 33.8 Å². The second-order valence-electron chi connectivity index (χ2n) is 11.2. The number of hydrogen-bond acceptors (Lipinski definition) is 8. The molecule has 0 radical (unpaired) electrons.